The Bertz CT molecular complexity index is 2810. The molecule has 119 heavy (non-hydrogen) atoms. The molecule has 0 radical (unpaired) electrons. The fourth-order valence-electron chi connectivity index (χ4n) is 13.7. The van der Waals surface area contributed by atoms with Crippen LogP contribution in [0.5, 0.6) is 0 Å². The van der Waals surface area contributed by atoms with Gasteiger partial charge in [0.1, 0.15) is 66.1 Å². The minimum atomic E-state index is -3.75. The molecule has 3 heterocycles. The zero-order valence-corrected chi connectivity index (χ0v) is 72.4. The Labute approximate surface area is 703 Å². The number of aliphatic hydroxyl groups excluding tert-OH is 9. The number of rotatable bonds is 70. The smallest absolute Gasteiger partial charge is 0.394 e. The summed E-state index contributed by atoms with van der Waals surface area (Å²) in [5.74, 6) is -3.01. The van der Waals surface area contributed by atoms with Crippen LogP contribution in [0.25, 0.3) is 0 Å². The maximum atomic E-state index is 14.5. The van der Waals surface area contributed by atoms with E-state index in [2.05, 4.69) is 40.9 Å². The maximum absolute atomic E-state index is 14.5. The Morgan fingerprint density at radius 2 is 0.782 bits per heavy atom. The van der Waals surface area contributed by atoms with Crippen molar-refractivity contribution in [3.8, 4) is 0 Å². The molecule has 3 aliphatic heterocycles. The molecule has 694 valence electrons. The third-order valence-electron chi connectivity index (χ3n) is 21.0. The Hall–Kier alpha value is -4.78. The van der Waals surface area contributed by atoms with Crippen molar-refractivity contribution in [3.05, 3.63) is 0 Å². The number of nitrogens with zero attached hydrogens (tertiary/aromatic N) is 1. The monoisotopic (exact) mass is 1730 g/mol. The van der Waals surface area contributed by atoms with E-state index in [0.29, 0.717) is 142 Å². The molecule has 0 aliphatic carbocycles. The third kappa shape index (κ3) is 50.1. The average molecular weight is 1730 g/mol. The number of carbonyl (C=O) groups excluding carboxylic acids is 9. The summed E-state index contributed by atoms with van der Waals surface area (Å²) in [5, 5.41) is 107. The van der Waals surface area contributed by atoms with E-state index in [9.17, 15) is 93.7 Å². The molecule has 3 fully saturated rings. The summed E-state index contributed by atoms with van der Waals surface area (Å²) in [7, 11) is -0.930. The van der Waals surface area contributed by atoms with Gasteiger partial charge in [-0.15, -0.1) is 0 Å². The topological polar surface area (TPSA) is 558 Å². The molecule has 0 aromatic carbocycles. The lowest BCUT2D eigenvalue weighted by atomic mass is 9.92. The van der Waals surface area contributed by atoms with Crippen LogP contribution in [0, 0.1) is 11.8 Å². The van der Waals surface area contributed by atoms with Crippen LogP contribution >= 0.6 is 7.82 Å². The Morgan fingerprint density at radius 3 is 1.26 bits per heavy atom. The third-order valence-corrected chi connectivity index (χ3v) is 22.0. The molecule has 3 aliphatic rings. The number of unbranched alkanes of at least 4 members (excludes halogenated alkanes) is 16. The number of phosphoric acid groups is 1. The molecule has 17 atom stereocenters. The maximum Gasteiger partial charge on any atom is 0.471 e. The van der Waals surface area contributed by atoms with E-state index < -0.39 is 137 Å². The number of nitrogens with two attached hydrogens (primary N) is 1. The summed E-state index contributed by atoms with van der Waals surface area (Å²) < 4.78 is 58.9. The minimum Gasteiger partial charge on any atom is -0.394 e. The molecule has 0 bridgehead atoms. The number of ketones is 3. The first-order chi connectivity index (χ1) is 57.1. The van der Waals surface area contributed by atoms with Gasteiger partial charge in [0.25, 0.3) is 0 Å². The van der Waals surface area contributed by atoms with Crippen LogP contribution in [0.3, 0.4) is 0 Å². The molecule has 0 spiro atoms. The molecule has 0 aromatic heterocycles. The van der Waals surface area contributed by atoms with Gasteiger partial charge in [-0.25, -0.2) is 4.57 Å². The quantitative estimate of drug-likeness (QED) is 0.0306. The van der Waals surface area contributed by atoms with Gasteiger partial charge in [0.2, 0.25) is 35.4 Å². The summed E-state index contributed by atoms with van der Waals surface area (Å²) in [4.78, 5) is 128. The normalized spacial score (nSPS) is 23.8. The highest BCUT2D eigenvalue weighted by Crippen LogP contribution is 2.42. The molecule has 37 nitrogen and oxygen atoms in total. The Balaban J connectivity index is 0.00000337. The van der Waals surface area contributed by atoms with Crippen LogP contribution in [0.2, 0.25) is 0 Å². The number of aliphatic hydroxyl groups is 9. The van der Waals surface area contributed by atoms with Gasteiger partial charge in [-0.3, -0.25) is 57.1 Å². The highest BCUT2D eigenvalue weighted by Gasteiger charge is 2.46. The fourth-order valence-corrected chi connectivity index (χ4v) is 14.1. The standard InChI is InChI=1S/C74H133N7O25.C7H18NO4P/c1-50-66(94)68(96)57(47-82)104-72(50)101-42-22-8-12-32-61(90)76-38-20-17-31-56(88)55(30-16-19-37-77-63(92)35-25-29-53(86)27-11-6-5-7-21-41-100-4)81(46-64(93)79-40-26-39-78-62(91)34-13-9-23-43-102-73-51(2)67(95)69(97)58(48-83)105-73)45-54(87)28-15-18-36-75-60(89)33-14-10-24-44-103-74-65(80-52(3)85)71(99)70(98)59(49-84)106-74;1-11-13(9,10)12-7-5-3-2-4-6-8/h50-51,55,57-59,65-74,82-84,94-99H,5-49H2,1-4H3,(H,75,89)(H,76,90)(H,77,92)(H,78,91)(H,79,93)(H,80,85);2-8H2,1H3,(H,9,10)/t50?,51?,55?,57?,58?,59?,65?,66-,67-,68+,69+,70+,71-,72-,73-,74-;/m1./s1. The summed E-state index contributed by atoms with van der Waals surface area (Å²) in [6.07, 6.45) is 6.04. The van der Waals surface area contributed by atoms with Crippen molar-refractivity contribution in [1.82, 2.24) is 36.8 Å². The van der Waals surface area contributed by atoms with E-state index in [1.165, 1.54) is 6.92 Å². The van der Waals surface area contributed by atoms with Crippen LogP contribution in [0.15, 0.2) is 0 Å². The molecule has 38 heteroatoms. The minimum absolute atomic E-state index is 0.0751. The number of hydrogen-bond acceptors (Lipinski definition) is 30. The zero-order valence-electron chi connectivity index (χ0n) is 71.5. The van der Waals surface area contributed by atoms with Crippen molar-refractivity contribution in [2.24, 2.45) is 17.6 Å². The number of amides is 6. The zero-order chi connectivity index (χ0) is 88.2. The summed E-state index contributed by atoms with van der Waals surface area (Å²) in [5.41, 5.74) is 5.30. The van der Waals surface area contributed by atoms with Gasteiger partial charge in [-0.2, -0.15) is 0 Å². The number of Topliss-reactive ketones (excluding diaryl/α,β-unsaturated/α-hetero) is 3. The summed E-state index contributed by atoms with van der Waals surface area (Å²) >= 11 is 0. The number of nitrogens with one attached hydrogen (secondary N) is 6. The van der Waals surface area contributed by atoms with Gasteiger partial charge in [-0.1, -0.05) is 65.2 Å². The average Bonchev–Trinajstić information content (AvgIpc) is 0.824. The van der Waals surface area contributed by atoms with Crippen LogP contribution in [0.4, 0.5) is 0 Å². The first-order valence-corrected chi connectivity index (χ1v) is 44.9. The van der Waals surface area contributed by atoms with Crippen molar-refractivity contribution in [2.75, 3.05) is 119 Å². The van der Waals surface area contributed by atoms with E-state index >= 15 is 0 Å². The van der Waals surface area contributed by atoms with E-state index in [-0.39, 0.29) is 145 Å². The SMILES string of the molecule is COCCCCCCCC(=O)CCCC(=O)NCCCCC(C(=O)CCCCNC(=O)CCCCCO[C@@H]1OC(CO)[C@H](O)[C@H](O)C1C)N(CC(=O)CCCCNC(=O)CCCCCO[C@@H]1OC(CO)[C@H](O)[C@H](O)C1NC(C)=O)CC(=O)NCCCNC(=O)CCCCCO[C@@H]1OC(CO)[C@H](O)[C@H](O)C1C.COP(=O)(O)OCCCCCCN. The van der Waals surface area contributed by atoms with Gasteiger partial charge < -0.3 is 122 Å². The second-order valence-corrected chi connectivity index (χ2v) is 32.7. The highest BCUT2D eigenvalue weighted by molar-refractivity contribution is 7.47. The highest BCUT2D eigenvalue weighted by atomic mass is 31.2. The summed E-state index contributed by atoms with van der Waals surface area (Å²) in [6, 6.07) is -1.95. The van der Waals surface area contributed by atoms with Gasteiger partial charge in [0, 0.05) is 143 Å². The second-order valence-electron chi connectivity index (χ2n) is 31.1. The number of hydrogen-bond donors (Lipinski definition) is 17. The first-order valence-electron chi connectivity index (χ1n) is 43.4. The molecule has 0 aromatic rings. The molecule has 3 rings (SSSR count). The van der Waals surface area contributed by atoms with Crippen molar-refractivity contribution in [3.63, 3.8) is 0 Å². The Kier molecular flexibility index (Phi) is 62.7. The largest absolute Gasteiger partial charge is 0.471 e. The van der Waals surface area contributed by atoms with Crippen molar-refractivity contribution < 1.29 is 141 Å². The fraction of sp³-hybridized carbons (Fsp3) is 0.889. The Morgan fingerprint density at radius 1 is 0.412 bits per heavy atom. The number of methoxy groups -OCH3 is 1. The van der Waals surface area contributed by atoms with Crippen LogP contribution < -0.4 is 37.6 Å². The van der Waals surface area contributed by atoms with Gasteiger partial charge >= 0.3 is 7.82 Å². The van der Waals surface area contributed by atoms with E-state index in [4.69, 9.17) is 43.8 Å². The molecular weight excluding hydrogens is 1580 g/mol. The van der Waals surface area contributed by atoms with Crippen LogP contribution in [0.1, 0.15) is 245 Å². The first kappa shape index (κ1) is 110. The van der Waals surface area contributed by atoms with E-state index in [1.54, 1.807) is 25.9 Å². The summed E-state index contributed by atoms with van der Waals surface area (Å²) in [6.45, 7) is 6.24. The van der Waals surface area contributed by atoms with E-state index in [1.807, 2.05) is 0 Å². The predicted molar refractivity (Wildman–Crippen MR) is 438 cm³/mol. The lowest BCUT2D eigenvalue weighted by Crippen LogP contribution is -2.64. The molecular formula is C81H151N8O29P. The van der Waals surface area contributed by atoms with Crippen LogP contribution in [-0.4, -0.2) is 314 Å². The number of phosphoric ester groups is 1. The predicted octanol–water partition coefficient (Wildman–Crippen LogP) is 2.10. The van der Waals surface area contributed by atoms with Crippen LogP contribution in [-0.2, 0) is 89.9 Å². The number of carbonyl (C=O) groups is 9. The lowest BCUT2D eigenvalue weighted by Gasteiger charge is -2.42. The van der Waals surface area contributed by atoms with Crippen molar-refractivity contribution >= 4 is 60.6 Å². The molecule has 18 N–H and O–H groups in total. The van der Waals surface area contributed by atoms with Crippen molar-refractivity contribution in [1.29, 1.82) is 0 Å². The number of ether oxygens (including phenoxy) is 7. The molecule has 6 amide bonds. The van der Waals surface area contributed by atoms with Gasteiger partial charge in [0.15, 0.2) is 18.9 Å². The van der Waals surface area contributed by atoms with Gasteiger partial charge in [0.05, 0.1) is 57.8 Å². The van der Waals surface area contributed by atoms with Gasteiger partial charge in [-0.05, 0) is 129 Å². The second kappa shape index (κ2) is 67.6. The molecule has 3 saturated heterocycles. The lowest BCUT2D eigenvalue weighted by molar-refractivity contribution is -0.282. The van der Waals surface area contributed by atoms with E-state index in [0.717, 1.165) is 71.5 Å². The molecule has 0 saturated carbocycles. The molecule has 8 unspecified atom stereocenters. The van der Waals surface area contributed by atoms with Crippen molar-refractivity contribution in [2.45, 2.75) is 331 Å².